The van der Waals surface area contributed by atoms with Crippen LogP contribution in [-0.4, -0.2) is 29.9 Å². The van der Waals surface area contributed by atoms with Gasteiger partial charge in [-0.1, -0.05) is 17.3 Å². The van der Waals surface area contributed by atoms with Crippen molar-refractivity contribution in [3.8, 4) is 22.9 Å². The summed E-state index contributed by atoms with van der Waals surface area (Å²) in [6.07, 6.45) is -3.25. The SMILES string of the molecule is Cn1c(-c2cnnc(-c3noc(C(F)(F)F)n3)c2)nc2ccccc21. The number of aryl methyl sites for hydroxylation is 1. The van der Waals surface area contributed by atoms with E-state index in [0.29, 0.717) is 11.4 Å². The Bertz CT molecular complexity index is 1070. The van der Waals surface area contributed by atoms with Crippen molar-refractivity contribution in [1.82, 2.24) is 29.9 Å². The van der Waals surface area contributed by atoms with Crippen molar-refractivity contribution < 1.29 is 17.7 Å². The molecule has 10 heteroatoms. The first kappa shape index (κ1) is 15.2. The Balaban J connectivity index is 1.79. The number of halogens is 3. The van der Waals surface area contributed by atoms with Gasteiger partial charge in [0.05, 0.1) is 17.2 Å². The van der Waals surface area contributed by atoms with Crippen LogP contribution in [0.3, 0.4) is 0 Å². The summed E-state index contributed by atoms with van der Waals surface area (Å²) in [6, 6.07) is 9.05. The predicted octanol–water partition coefficient (Wildman–Crippen LogP) is 3.10. The third-order valence-electron chi connectivity index (χ3n) is 3.60. The van der Waals surface area contributed by atoms with Gasteiger partial charge in [-0.3, -0.25) is 0 Å². The van der Waals surface area contributed by atoms with Crippen molar-refractivity contribution in [3.63, 3.8) is 0 Å². The van der Waals surface area contributed by atoms with Crippen molar-refractivity contribution in [3.05, 3.63) is 42.4 Å². The van der Waals surface area contributed by atoms with Crippen LogP contribution in [0.25, 0.3) is 33.9 Å². The molecule has 126 valence electrons. The average molecular weight is 346 g/mol. The molecule has 0 aliphatic carbocycles. The number of benzene rings is 1. The van der Waals surface area contributed by atoms with Crippen LogP contribution < -0.4 is 0 Å². The number of hydrogen-bond donors (Lipinski definition) is 0. The summed E-state index contributed by atoms with van der Waals surface area (Å²) in [5.41, 5.74) is 2.33. The standard InChI is InChI=1S/C15H9F3N6O/c1-24-11-5-3-2-4-9(11)20-13(24)8-6-10(22-19-7-8)12-21-14(25-23-12)15(16,17)18/h2-7H,1H3. The maximum absolute atomic E-state index is 12.6. The first-order chi connectivity index (χ1) is 11.9. The number of para-hydroxylation sites is 2. The Kier molecular flexibility index (Phi) is 3.27. The monoisotopic (exact) mass is 346 g/mol. The molecule has 0 spiro atoms. The molecule has 1 aromatic carbocycles. The quantitative estimate of drug-likeness (QED) is 0.555. The molecule has 0 radical (unpaired) electrons. The second-order valence-electron chi connectivity index (χ2n) is 5.23. The minimum Gasteiger partial charge on any atom is -0.329 e. The number of rotatable bonds is 2. The number of fused-ring (bicyclic) bond motifs is 1. The largest absolute Gasteiger partial charge is 0.471 e. The molecule has 0 aliphatic rings. The number of alkyl halides is 3. The van der Waals surface area contributed by atoms with Gasteiger partial charge in [-0.25, -0.2) is 4.98 Å². The number of imidazole rings is 1. The molecule has 0 amide bonds. The zero-order valence-corrected chi connectivity index (χ0v) is 12.7. The summed E-state index contributed by atoms with van der Waals surface area (Å²) in [5.74, 6) is -1.13. The Morgan fingerprint density at radius 3 is 2.64 bits per heavy atom. The minimum absolute atomic E-state index is 0.0591. The van der Waals surface area contributed by atoms with Gasteiger partial charge < -0.3 is 9.09 Å². The maximum Gasteiger partial charge on any atom is 0.471 e. The highest BCUT2D eigenvalue weighted by Crippen LogP contribution is 2.30. The Labute approximate surface area is 138 Å². The molecule has 0 bridgehead atoms. The van der Waals surface area contributed by atoms with E-state index in [2.05, 4.69) is 29.8 Å². The number of aromatic nitrogens is 6. The van der Waals surface area contributed by atoms with E-state index in [-0.39, 0.29) is 11.5 Å². The van der Waals surface area contributed by atoms with Crippen molar-refractivity contribution >= 4 is 11.0 Å². The number of hydrogen-bond acceptors (Lipinski definition) is 6. The van der Waals surface area contributed by atoms with Gasteiger partial charge in [0.1, 0.15) is 11.5 Å². The van der Waals surface area contributed by atoms with Gasteiger partial charge in [-0.05, 0) is 18.2 Å². The van der Waals surface area contributed by atoms with Crippen LogP contribution in [0.15, 0.2) is 41.1 Å². The third-order valence-corrected chi connectivity index (χ3v) is 3.60. The van der Waals surface area contributed by atoms with E-state index in [4.69, 9.17) is 0 Å². The second-order valence-corrected chi connectivity index (χ2v) is 5.23. The fraction of sp³-hybridized carbons (Fsp3) is 0.133. The van der Waals surface area contributed by atoms with E-state index in [9.17, 15) is 13.2 Å². The Morgan fingerprint density at radius 2 is 1.92 bits per heavy atom. The maximum atomic E-state index is 12.6. The molecule has 0 N–H and O–H groups in total. The van der Waals surface area contributed by atoms with Crippen LogP contribution in [0.5, 0.6) is 0 Å². The van der Waals surface area contributed by atoms with Crippen molar-refractivity contribution in [2.24, 2.45) is 7.05 Å². The van der Waals surface area contributed by atoms with Gasteiger partial charge in [-0.15, -0.1) is 5.10 Å². The van der Waals surface area contributed by atoms with E-state index in [1.165, 1.54) is 12.3 Å². The summed E-state index contributed by atoms with van der Waals surface area (Å²) in [5, 5.41) is 10.9. The molecule has 0 aliphatic heterocycles. The average Bonchev–Trinajstić information content (AvgIpc) is 3.21. The third kappa shape index (κ3) is 2.61. The van der Waals surface area contributed by atoms with Crippen molar-refractivity contribution in [2.75, 3.05) is 0 Å². The molecule has 7 nitrogen and oxygen atoms in total. The molecule has 4 aromatic rings. The van der Waals surface area contributed by atoms with Gasteiger partial charge in [-0.2, -0.15) is 23.3 Å². The first-order valence-corrected chi connectivity index (χ1v) is 7.09. The number of nitrogens with zero attached hydrogens (tertiary/aromatic N) is 6. The van der Waals surface area contributed by atoms with E-state index in [0.717, 1.165) is 11.0 Å². The topological polar surface area (TPSA) is 82.5 Å². The highest BCUT2D eigenvalue weighted by molar-refractivity contribution is 5.80. The second kappa shape index (κ2) is 5.36. The molecule has 4 rings (SSSR count). The first-order valence-electron chi connectivity index (χ1n) is 7.09. The minimum atomic E-state index is -4.71. The highest BCUT2D eigenvalue weighted by Gasteiger charge is 2.38. The van der Waals surface area contributed by atoms with Gasteiger partial charge in [0.2, 0.25) is 5.82 Å². The van der Waals surface area contributed by atoms with Gasteiger partial charge in [0, 0.05) is 12.6 Å². The molecular weight excluding hydrogens is 337 g/mol. The lowest BCUT2D eigenvalue weighted by Gasteiger charge is -2.02. The van der Waals surface area contributed by atoms with Gasteiger partial charge >= 0.3 is 12.1 Å². The molecule has 0 atom stereocenters. The molecule has 0 fully saturated rings. The van der Waals surface area contributed by atoms with E-state index in [1.54, 1.807) is 0 Å². The van der Waals surface area contributed by atoms with Crippen LogP contribution in [-0.2, 0) is 13.2 Å². The van der Waals surface area contributed by atoms with Crippen LogP contribution in [0.2, 0.25) is 0 Å². The summed E-state index contributed by atoms with van der Waals surface area (Å²) >= 11 is 0. The highest BCUT2D eigenvalue weighted by atomic mass is 19.4. The summed E-state index contributed by atoms with van der Waals surface area (Å²) < 4.78 is 43.8. The van der Waals surface area contributed by atoms with Crippen molar-refractivity contribution in [2.45, 2.75) is 6.18 Å². The van der Waals surface area contributed by atoms with Gasteiger partial charge in [0.15, 0.2) is 0 Å². The summed E-state index contributed by atoms with van der Waals surface area (Å²) in [7, 11) is 1.83. The van der Waals surface area contributed by atoms with Gasteiger partial charge in [0.25, 0.3) is 0 Å². The van der Waals surface area contributed by atoms with E-state index in [1.807, 2.05) is 35.9 Å². The molecule has 0 saturated carbocycles. The van der Waals surface area contributed by atoms with E-state index >= 15 is 0 Å². The molecule has 25 heavy (non-hydrogen) atoms. The van der Waals surface area contributed by atoms with E-state index < -0.39 is 12.1 Å². The molecule has 0 unspecified atom stereocenters. The van der Waals surface area contributed by atoms with Crippen LogP contribution in [0.4, 0.5) is 13.2 Å². The fourth-order valence-electron chi connectivity index (χ4n) is 2.44. The van der Waals surface area contributed by atoms with Crippen molar-refractivity contribution in [1.29, 1.82) is 0 Å². The Hall–Kier alpha value is -3.30. The Morgan fingerprint density at radius 1 is 1.12 bits per heavy atom. The summed E-state index contributed by atoms with van der Waals surface area (Å²) in [6.45, 7) is 0. The van der Waals surface area contributed by atoms with Crippen LogP contribution >= 0.6 is 0 Å². The zero-order chi connectivity index (χ0) is 17.6. The molecule has 3 aromatic heterocycles. The lowest BCUT2D eigenvalue weighted by molar-refractivity contribution is -0.159. The van der Waals surface area contributed by atoms with Crippen LogP contribution in [0, 0.1) is 0 Å². The smallest absolute Gasteiger partial charge is 0.329 e. The fourth-order valence-corrected chi connectivity index (χ4v) is 2.44. The molecular formula is C15H9F3N6O. The predicted molar refractivity (Wildman–Crippen MR) is 80.0 cm³/mol. The normalized spacial score (nSPS) is 12.0. The molecule has 3 heterocycles. The lowest BCUT2D eigenvalue weighted by atomic mass is 10.2. The lowest BCUT2D eigenvalue weighted by Crippen LogP contribution is -2.05. The zero-order valence-electron chi connectivity index (χ0n) is 12.7. The van der Waals surface area contributed by atoms with Crippen LogP contribution in [0.1, 0.15) is 5.89 Å². The molecule has 0 saturated heterocycles. The summed E-state index contributed by atoms with van der Waals surface area (Å²) in [4.78, 5) is 7.83.